The Morgan fingerprint density at radius 2 is 1.97 bits per heavy atom. The average Bonchev–Trinajstić information content (AvgIpc) is 3.30. The van der Waals surface area contributed by atoms with Gasteiger partial charge in [0.15, 0.2) is 0 Å². The molecule has 7 nitrogen and oxygen atoms in total. The van der Waals surface area contributed by atoms with Crippen molar-refractivity contribution in [3.8, 4) is 5.75 Å². The van der Waals surface area contributed by atoms with Crippen LogP contribution in [0.2, 0.25) is 0 Å². The van der Waals surface area contributed by atoms with Gasteiger partial charge in [-0.2, -0.15) is 11.8 Å². The predicted molar refractivity (Wildman–Crippen MR) is 117 cm³/mol. The maximum Gasteiger partial charge on any atom is 0.318 e. The number of anilines is 1. The SMILES string of the molecule is COc1cccc(C(=O)N[C@H](Cc2ccccc2)c2nnc(N3CCSCC3)o2)c1. The van der Waals surface area contributed by atoms with Crippen LogP contribution in [-0.2, 0) is 6.42 Å². The normalized spacial score (nSPS) is 14.9. The quantitative estimate of drug-likeness (QED) is 0.623. The smallest absolute Gasteiger partial charge is 0.318 e. The first-order chi connectivity index (χ1) is 14.7. The maximum atomic E-state index is 12.9. The molecule has 4 rings (SSSR count). The van der Waals surface area contributed by atoms with E-state index < -0.39 is 6.04 Å². The van der Waals surface area contributed by atoms with Crippen molar-refractivity contribution in [2.24, 2.45) is 0 Å². The third-order valence-electron chi connectivity index (χ3n) is 4.93. The summed E-state index contributed by atoms with van der Waals surface area (Å²) in [4.78, 5) is 15.0. The highest BCUT2D eigenvalue weighted by molar-refractivity contribution is 7.99. The summed E-state index contributed by atoms with van der Waals surface area (Å²) in [5.41, 5.74) is 1.59. The molecular formula is C22H24N4O3S. The van der Waals surface area contributed by atoms with E-state index in [0.717, 1.165) is 30.2 Å². The number of nitrogens with zero attached hydrogens (tertiary/aromatic N) is 3. The molecule has 1 amide bonds. The Labute approximate surface area is 179 Å². The number of benzene rings is 2. The molecule has 1 aliphatic heterocycles. The summed E-state index contributed by atoms with van der Waals surface area (Å²) in [7, 11) is 1.58. The van der Waals surface area contributed by atoms with E-state index in [1.165, 1.54) is 0 Å². The number of carbonyl (C=O) groups excluding carboxylic acids is 1. The lowest BCUT2D eigenvalue weighted by atomic mass is 10.1. The van der Waals surface area contributed by atoms with Crippen molar-refractivity contribution in [1.29, 1.82) is 0 Å². The zero-order valence-corrected chi connectivity index (χ0v) is 17.6. The highest BCUT2D eigenvalue weighted by atomic mass is 32.2. The topological polar surface area (TPSA) is 80.5 Å². The van der Waals surface area contributed by atoms with Gasteiger partial charge >= 0.3 is 6.01 Å². The van der Waals surface area contributed by atoms with E-state index in [2.05, 4.69) is 20.4 Å². The number of nitrogens with one attached hydrogen (secondary N) is 1. The van der Waals surface area contributed by atoms with Crippen molar-refractivity contribution >= 4 is 23.7 Å². The first kappa shape index (κ1) is 20.3. The number of hydrogen-bond donors (Lipinski definition) is 1. The second-order valence-corrected chi connectivity index (χ2v) is 8.19. The number of hydrogen-bond acceptors (Lipinski definition) is 7. The molecule has 1 fully saturated rings. The van der Waals surface area contributed by atoms with E-state index in [1.54, 1.807) is 31.4 Å². The van der Waals surface area contributed by atoms with E-state index in [1.807, 2.05) is 42.1 Å². The van der Waals surface area contributed by atoms with Gasteiger partial charge in [0.05, 0.1) is 7.11 Å². The molecule has 30 heavy (non-hydrogen) atoms. The molecule has 1 aromatic heterocycles. The number of methoxy groups -OCH3 is 1. The van der Waals surface area contributed by atoms with Crippen LogP contribution in [0, 0.1) is 0 Å². The van der Waals surface area contributed by atoms with Crippen molar-refractivity contribution in [3.05, 3.63) is 71.6 Å². The molecule has 1 N–H and O–H groups in total. The molecule has 0 aliphatic carbocycles. The van der Waals surface area contributed by atoms with Crippen LogP contribution in [0.3, 0.4) is 0 Å². The monoisotopic (exact) mass is 424 g/mol. The average molecular weight is 425 g/mol. The van der Waals surface area contributed by atoms with Crippen LogP contribution in [0.1, 0.15) is 27.9 Å². The summed E-state index contributed by atoms with van der Waals surface area (Å²) in [6.07, 6.45) is 0.550. The zero-order chi connectivity index (χ0) is 20.8. The fraction of sp³-hybridized carbons (Fsp3) is 0.318. The van der Waals surface area contributed by atoms with Gasteiger partial charge in [0.2, 0.25) is 5.89 Å². The number of thioether (sulfide) groups is 1. The lowest BCUT2D eigenvalue weighted by Crippen LogP contribution is -2.32. The first-order valence-corrected chi connectivity index (χ1v) is 11.0. The highest BCUT2D eigenvalue weighted by Crippen LogP contribution is 2.24. The molecule has 156 valence electrons. The number of rotatable bonds is 7. The second kappa shape index (κ2) is 9.67. The van der Waals surface area contributed by atoms with Gasteiger partial charge in [0.25, 0.3) is 5.91 Å². The van der Waals surface area contributed by atoms with Gasteiger partial charge in [-0.05, 0) is 23.8 Å². The molecule has 0 radical (unpaired) electrons. The lowest BCUT2D eigenvalue weighted by molar-refractivity contribution is 0.0929. The summed E-state index contributed by atoms with van der Waals surface area (Å²) in [5, 5.41) is 11.6. The van der Waals surface area contributed by atoms with E-state index in [4.69, 9.17) is 9.15 Å². The summed E-state index contributed by atoms with van der Waals surface area (Å²) >= 11 is 1.92. The van der Waals surface area contributed by atoms with Gasteiger partial charge < -0.3 is 19.4 Å². The Bertz CT molecular complexity index is 973. The van der Waals surface area contributed by atoms with Crippen LogP contribution < -0.4 is 15.0 Å². The van der Waals surface area contributed by atoms with Gasteiger partial charge in [-0.1, -0.05) is 41.5 Å². The van der Waals surface area contributed by atoms with Crippen LogP contribution in [0.4, 0.5) is 6.01 Å². The van der Waals surface area contributed by atoms with E-state index >= 15 is 0 Å². The van der Waals surface area contributed by atoms with Crippen molar-refractivity contribution in [3.63, 3.8) is 0 Å². The van der Waals surface area contributed by atoms with E-state index in [0.29, 0.717) is 29.6 Å². The molecule has 2 aromatic carbocycles. The summed E-state index contributed by atoms with van der Waals surface area (Å²) in [6, 6.07) is 17.1. The van der Waals surface area contributed by atoms with Crippen molar-refractivity contribution in [1.82, 2.24) is 15.5 Å². The third kappa shape index (κ3) is 4.94. The minimum absolute atomic E-state index is 0.219. The number of aromatic nitrogens is 2. The lowest BCUT2D eigenvalue weighted by Gasteiger charge is -2.24. The largest absolute Gasteiger partial charge is 0.497 e. The van der Waals surface area contributed by atoms with Gasteiger partial charge in [0.1, 0.15) is 11.8 Å². The molecule has 0 saturated carbocycles. The molecule has 2 heterocycles. The molecule has 0 unspecified atom stereocenters. The fourth-order valence-corrected chi connectivity index (χ4v) is 4.21. The van der Waals surface area contributed by atoms with Crippen molar-refractivity contribution < 1.29 is 13.9 Å². The molecule has 1 atom stereocenters. The Balaban J connectivity index is 1.56. The molecule has 1 aliphatic rings. The Morgan fingerprint density at radius 3 is 2.73 bits per heavy atom. The Kier molecular flexibility index (Phi) is 6.53. The third-order valence-corrected chi connectivity index (χ3v) is 5.87. The predicted octanol–water partition coefficient (Wildman–Crippen LogP) is 3.35. The molecular weight excluding hydrogens is 400 g/mol. The number of amides is 1. The first-order valence-electron chi connectivity index (χ1n) is 9.88. The van der Waals surface area contributed by atoms with Crippen LogP contribution in [-0.4, -0.2) is 47.8 Å². The molecule has 3 aromatic rings. The minimum atomic E-state index is -0.438. The summed E-state index contributed by atoms with van der Waals surface area (Å²) in [6.45, 7) is 1.76. The van der Waals surface area contributed by atoms with Gasteiger partial charge in [-0.3, -0.25) is 4.79 Å². The van der Waals surface area contributed by atoms with Crippen LogP contribution in [0.15, 0.2) is 59.0 Å². The molecule has 1 saturated heterocycles. The summed E-state index contributed by atoms with van der Waals surface area (Å²) in [5.74, 6) is 2.90. The molecule has 0 bridgehead atoms. The van der Waals surface area contributed by atoms with Crippen LogP contribution in [0.25, 0.3) is 0 Å². The standard InChI is InChI=1S/C22H24N4O3S/c1-28-18-9-5-8-17(15-18)20(27)23-19(14-16-6-3-2-4-7-16)21-24-25-22(29-21)26-10-12-30-13-11-26/h2-9,15,19H,10-14H2,1H3,(H,23,27)/t19-/m1/s1. The van der Waals surface area contributed by atoms with E-state index in [-0.39, 0.29) is 5.91 Å². The van der Waals surface area contributed by atoms with Crippen LogP contribution >= 0.6 is 11.8 Å². The van der Waals surface area contributed by atoms with Crippen LogP contribution in [0.5, 0.6) is 5.75 Å². The van der Waals surface area contributed by atoms with Crippen molar-refractivity contribution in [2.75, 3.05) is 36.6 Å². The Hall–Kier alpha value is -3.00. The van der Waals surface area contributed by atoms with Gasteiger partial charge in [-0.15, -0.1) is 5.10 Å². The highest BCUT2D eigenvalue weighted by Gasteiger charge is 2.25. The zero-order valence-electron chi connectivity index (χ0n) is 16.8. The summed E-state index contributed by atoms with van der Waals surface area (Å²) < 4.78 is 11.2. The maximum absolute atomic E-state index is 12.9. The molecule has 8 heteroatoms. The fourth-order valence-electron chi connectivity index (χ4n) is 3.31. The minimum Gasteiger partial charge on any atom is -0.497 e. The number of carbonyl (C=O) groups is 1. The van der Waals surface area contributed by atoms with Gasteiger partial charge in [-0.25, -0.2) is 0 Å². The van der Waals surface area contributed by atoms with Crippen molar-refractivity contribution in [2.45, 2.75) is 12.5 Å². The Morgan fingerprint density at radius 1 is 1.17 bits per heavy atom. The second-order valence-electron chi connectivity index (χ2n) is 6.97. The van der Waals surface area contributed by atoms with Gasteiger partial charge in [0, 0.05) is 36.6 Å². The number of ether oxygens (including phenoxy) is 1. The molecule has 0 spiro atoms. The van der Waals surface area contributed by atoms with E-state index in [9.17, 15) is 4.79 Å².